The van der Waals surface area contributed by atoms with Gasteiger partial charge in [0.1, 0.15) is 0 Å². The molecule has 2 aromatic carbocycles. The molecule has 0 heterocycles. The van der Waals surface area contributed by atoms with E-state index in [0.717, 1.165) is 32.1 Å². The molecular formula is C32H36O2. The maximum Gasteiger partial charge on any atom is 0.190 e. The molecule has 0 N–H and O–H groups in total. The van der Waals surface area contributed by atoms with Gasteiger partial charge in [-0.1, -0.05) is 89.5 Å². The molecule has 176 valence electrons. The fraction of sp³-hybridized carbons (Fsp3) is 0.312. The lowest BCUT2D eigenvalue weighted by Gasteiger charge is -2.18. The van der Waals surface area contributed by atoms with Gasteiger partial charge < -0.3 is 0 Å². The molecule has 0 radical (unpaired) electrons. The molecule has 3 rings (SSSR count). The number of Topliss-reactive ketones (excluding diaryl/α,β-unsaturated/α-hetero) is 2. The van der Waals surface area contributed by atoms with E-state index in [1.165, 1.54) is 22.3 Å². The summed E-state index contributed by atoms with van der Waals surface area (Å²) >= 11 is 0. The first kappa shape index (κ1) is 25.4. The van der Waals surface area contributed by atoms with Crippen LogP contribution in [0.3, 0.4) is 0 Å². The minimum atomic E-state index is -0.0251. The van der Waals surface area contributed by atoms with E-state index in [1.807, 2.05) is 12.1 Å². The molecule has 0 aromatic heterocycles. The van der Waals surface area contributed by atoms with Gasteiger partial charge in [0.25, 0.3) is 0 Å². The lowest BCUT2D eigenvalue weighted by atomic mass is 9.83. The molecule has 1 aliphatic carbocycles. The van der Waals surface area contributed by atoms with Crippen molar-refractivity contribution in [3.05, 3.63) is 117 Å². The number of hydrogen-bond acceptors (Lipinski definition) is 2. The van der Waals surface area contributed by atoms with Crippen molar-refractivity contribution in [3.8, 4) is 0 Å². The van der Waals surface area contributed by atoms with Crippen molar-refractivity contribution in [1.82, 2.24) is 0 Å². The SMILES string of the molecule is CC1=C(C/C=C(\C)CC/C=C(\C)CC/C=C(\C)Cc2ccccc2)C(=O)c2ccccc2C1=O. The number of hydrogen-bond donors (Lipinski definition) is 0. The number of carbonyl (C=O) groups is 2. The Morgan fingerprint density at radius 1 is 0.676 bits per heavy atom. The molecule has 0 saturated carbocycles. The van der Waals surface area contributed by atoms with Gasteiger partial charge in [0.2, 0.25) is 0 Å². The molecule has 0 amide bonds. The third kappa shape index (κ3) is 6.87. The van der Waals surface area contributed by atoms with Gasteiger partial charge in [-0.05, 0) is 71.8 Å². The molecule has 0 aliphatic heterocycles. The van der Waals surface area contributed by atoms with E-state index in [2.05, 4.69) is 69.3 Å². The minimum absolute atomic E-state index is 0.0110. The van der Waals surface area contributed by atoms with E-state index >= 15 is 0 Å². The molecular weight excluding hydrogens is 416 g/mol. The Hall–Kier alpha value is -3.26. The van der Waals surface area contributed by atoms with E-state index in [0.29, 0.717) is 28.7 Å². The van der Waals surface area contributed by atoms with Crippen molar-refractivity contribution in [2.24, 2.45) is 0 Å². The summed E-state index contributed by atoms with van der Waals surface area (Å²) in [6, 6.07) is 17.7. The Morgan fingerprint density at radius 3 is 1.85 bits per heavy atom. The largest absolute Gasteiger partial charge is 0.289 e. The van der Waals surface area contributed by atoms with Gasteiger partial charge in [0, 0.05) is 22.3 Å². The van der Waals surface area contributed by atoms with Crippen molar-refractivity contribution in [2.75, 3.05) is 0 Å². The van der Waals surface area contributed by atoms with Gasteiger partial charge in [0.05, 0.1) is 0 Å². The summed E-state index contributed by atoms with van der Waals surface area (Å²) in [4.78, 5) is 25.5. The second-order valence-electron chi connectivity index (χ2n) is 9.40. The van der Waals surface area contributed by atoms with Crippen LogP contribution in [-0.2, 0) is 6.42 Å². The van der Waals surface area contributed by atoms with Crippen molar-refractivity contribution < 1.29 is 9.59 Å². The van der Waals surface area contributed by atoms with Gasteiger partial charge in [-0.25, -0.2) is 0 Å². The zero-order chi connectivity index (χ0) is 24.5. The van der Waals surface area contributed by atoms with Crippen LogP contribution >= 0.6 is 0 Å². The monoisotopic (exact) mass is 452 g/mol. The molecule has 0 saturated heterocycles. The molecule has 0 unspecified atom stereocenters. The van der Waals surface area contributed by atoms with Crippen LogP contribution in [0, 0.1) is 0 Å². The number of rotatable bonds is 10. The number of benzene rings is 2. The average molecular weight is 453 g/mol. The summed E-state index contributed by atoms with van der Waals surface area (Å²) in [6.07, 6.45) is 12.4. The topological polar surface area (TPSA) is 34.1 Å². The van der Waals surface area contributed by atoms with Gasteiger partial charge in [0.15, 0.2) is 11.6 Å². The van der Waals surface area contributed by atoms with E-state index in [-0.39, 0.29) is 11.6 Å². The van der Waals surface area contributed by atoms with Crippen LogP contribution in [0.4, 0.5) is 0 Å². The summed E-state index contributed by atoms with van der Waals surface area (Å²) in [6.45, 7) is 8.30. The quantitative estimate of drug-likeness (QED) is 0.339. The highest BCUT2D eigenvalue weighted by Crippen LogP contribution is 2.28. The maximum absolute atomic E-state index is 12.9. The number of carbonyl (C=O) groups excluding carboxylic acids is 2. The van der Waals surface area contributed by atoms with Crippen LogP contribution in [-0.4, -0.2) is 11.6 Å². The summed E-state index contributed by atoms with van der Waals surface area (Å²) in [5, 5.41) is 0. The molecule has 34 heavy (non-hydrogen) atoms. The predicted molar refractivity (Wildman–Crippen MR) is 142 cm³/mol. The van der Waals surface area contributed by atoms with Crippen LogP contribution in [0.25, 0.3) is 0 Å². The van der Waals surface area contributed by atoms with Gasteiger partial charge in [-0.2, -0.15) is 0 Å². The number of allylic oxidation sites excluding steroid dienone is 8. The second-order valence-corrected chi connectivity index (χ2v) is 9.40. The fourth-order valence-electron chi connectivity index (χ4n) is 4.36. The zero-order valence-electron chi connectivity index (χ0n) is 21.0. The molecule has 2 heteroatoms. The first-order valence-electron chi connectivity index (χ1n) is 12.3. The summed E-state index contributed by atoms with van der Waals surface area (Å²) in [7, 11) is 0. The highest BCUT2D eigenvalue weighted by molar-refractivity contribution is 6.26. The summed E-state index contributed by atoms with van der Waals surface area (Å²) in [5.41, 5.74) is 7.72. The fourth-order valence-corrected chi connectivity index (χ4v) is 4.36. The predicted octanol–water partition coefficient (Wildman–Crippen LogP) is 8.41. The lowest BCUT2D eigenvalue weighted by molar-refractivity contribution is 0.0973. The maximum atomic E-state index is 12.9. The average Bonchev–Trinajstić information content (AvgIpc) is 2.83. The van der Waals surface area contributed by atoms with Crippen molar-refractivity contribution in [3.63, 3.8) is 0 Å². The Labute approximate surface area is 204 Å². The highest BCUT2D eigenvalue weighted by atomic mass is 16.1. The smallest absolute Gasteiger partial charge is 0.190 e. The van der Waals surface area contributed by atoms with E-state index in [9.17, 15) is 9.59 Å². The van der Waals surface area contributed by atoms with Crippen molar-refractivity contribution in [1.29, 1.82) is 0 Å². The second kappa shape index (κ2) is 12.3. The molecule has 0 spiro atoms. The van der Waals surface area contributed by atoms with Crippen LogP contribution in [0.5, 0.6) is 0 Å². The van der Waals surface area contributed by atoms with Crippen LogP contribution in [0.1, 0.15) is 86.1 Å². The van der Waals surface area contributed by atoms with Gasteiger partial charge in [-0.3, -0.25) is 9.59 Å². The zero-order valence-corrected chi connectivity index (χ0v) is 21.0. The van der Waals surface area contributed by atoms with Crippen LogP contribution in [0.15, 0.2) is 101 Å². The molecule has 1 aliphatic rings. The third-order valence-corrected chi connectivity index (χ3v) is 6.53. The Kier molecular flexibility index (Phi) is 9.16. The Bertz CT molecular complexity index is 1160. The van der Waals surface area contributed by atoms with Gasteiger partial charge >= 0.3 is 0 Å². The minimum Gasteiger partial charge on any atom is -0.289 e. The van der Waals surface area contributed by atoms with E-state index in [4.69, 9.17) is 0 Å². The normalized spacial score (nSPS) is 15.1. The number of ketones is 2. The number of fused-ring (bicyclic) bond motifs is 1. The van der Waals surface area contributed by atoms with Crippen LogP contribution < -0.4 is 0 Å². The first-order chi connectivity index (χ1) is 16.4. The Balaban J connectivity index is 1.47. The Morgan fingerprint density at radius 2 is 1.21 bits per heavy atom. The van der Waals surface area contributed by atoms with Crippen molar-refractivity contribution in [2.45, 2.75) is 66.2 Å². The summed E-state index contributed by atoms with van der Waals surface area (Å²) in [5.74, 6) is -0.0361. The molecule has 2 nitrogen and oxygen atoms in total. The molecule has 0 atom stereocenters. The molecule has 2 aromatic rings. The standard InChI is InChI=1S/C32H36O2/c1-23(13-11-15-25(3)22-27-16-6-5-7-17-27)12-10-14-24(2)20-21-28-26(4)31(33)29-18-8-9-19-30(29)32(28)34/h5-9,12,15-20H,10-11,13-14,21-22H2,1-4H3/b23-12+,24-20+,25-15+. The van der Waals surface area contributed by atoms with E-state index < -0.39 is 0 Å². The molecule has 0 bridgehead atoms. The lowest BCUT2D eigenvalue weighted by Crippen LogP contribution is -2.20. The van der Waals surface area contributed by atoms with Crippen molar-refractivity contribution >= 4 is 11.6 Å². The van der Waals surface area contributed by atoms with Gasteiger partial charge in [-0.15, -0.1) is 0 Å². The van der Waals surface area contributed by atoms with Crippen LogP contribution in [0.2, 0.25) is 0 Å². The third-order valence-electron chi connectivity index (χ3n) is 6.53. The highest BCUT2D eigenvalue weighted by Gasteiger charge is 2.28. The van der Waals surface area contributed by atoms with E-state index in [1.54, 1.807) is 19.1 Å². The molecule has 0 fully saturated rings. The summed E-state index contributed by atoms with van der Waals surface area (Å²) < 4.78 is 0. The first-order valence-corrected chi connectivity index (χ1v) is 12.3.